The average molecular weight is 397 g/mol. The molecule has 1 aromatic heterocycles. The normalized spacial score (nSPS) is 13.4. The van der Waals surface area contributed by atoms with Crippen molar-refractivity contribution in [3.63, 3.8) is 0 Å². The van der Waals surface area contributed by atoms with Crippen LogP contribution >= 0.6 is 0 Å². The van der Waals surface area contributed by atoms with Gasteiger partial charge in [-0.1, -0.05) is 44.2 Å². The lowest BCUT2D eigenvalue weighted by Gasteiger charge is -2.29. The fraction of sp³-hybridized carbons (Fsp3) is 0.478. The summed E-state index contributed by atoms with van der Waals surface area (Å²) in [6.07, 6.45) is 4.08. The van der Waals surface area contributed by atoms with Crippen molar-refractivity contribution in [2.24, 2.45) is 13.0 Å². The van der Waals surface area contributed by atoms with E-state index in [0.717, 1.165) is 24.1 Å². The van der Waals surface area contributed by atoms with E-state index in [4.69, 9.17) is 0 Å². The average Bonchev–Trinajstić information content (AvgIpc) is 3.46. The van der Waals surface area contributed by atoms with Crippen molar-refractivity contribution in [1.82, 2.24) is 19.7 Å². The highest BCUT2D eigenvalue weighted by Crippen LogP contribution is 2.28. The van der Waals surface area contributed by atoms with Gasteiger partial charge in [0.25, 0.3) is 0 Å². The van der Waals surface area contributed by atoms with Gasteiger partial charge in [-0.3, -0.25) is 4.79 Å². The molecule has 29 heavy (non-hydrogen) atoms. The summed E-state index contributed by atoms with van der Waals surface area (Å²) in [6, 6.07) is 14.0. The first kappa shape index (κ1) is 21.0. The smallest absolute Gasteiger partial charge is 0.318 e. The SMILES string of the molecule is CC(C)CN(CC(=O)N(Cc1cccn1C)C1CC1)C(=O)NCc1ccccc1. The molecule has 1 aromatic carbocycles. The van der Waals surface area contributed by atoms with E-state index in [-0.39, 0.29) is 24.4 Å². The monoisotopic (exact) mass is 396 g/mol. The number of amides is 3. The summed E-state index contributed by atoms with van der Waals surface area (Å²) < 4.78 is 2.04. The summed E-state index contributed by atoms with van der Waals surface area (Å²) in [5, 5.41) is 2.96. The van der Waals surface area contributed by atoms with E-state index in [2.05, 4.69) is 19.2 Å². The summed E-state index contributed by atoms with van der Waals surface area (Å²) in [5.41, 5.74) is 2.15. The fourth-order valence-electron chi connectivity index (χ4n) is 3.44. The van der Waals surface area contributed by atoms with Gasteiger partial charge in [0.1, 0.15) is 6.54 Å². The van der Waals surface area contributed by atoms with E-state index in [9.17, 15) is 9.59 Å². The van der Waals surface area contributed by atoms with E-state index in [1.807, 2.05) is 65.2 Å². The Bertz CT molecular complexity index is 811. The number of hydrogen-bond acceptors (Lipinski definition) is 2. The molecule has 0 saturated heterocycles. The maximum Gasteiger partial charge on any atom is 0.318 e. The Kier molecular flexibility index (Phi) is 6.96. The molecule has 1 fully saturated rings. The Hall–Kier alpha value is -2.76. The van der Waals surface area contributed by atoms with E-state index in [1.165, 1.54) is 0 Å². The van der Waals surface area contributed by atoms with Crippen molar-refractivity contribution < 1.29 is 9.59 Å². The lowest BCUT2D eigenvalue weighted by Crippen LogP contribution is -2.48. The Balaban J connectivity index is 1.63. The van der Waals surface area contributed by atoms with Gasteiger partial charge in [-0.25, -0.2) is 4.79 Å². The minimum absolute atomic E-state index is 0.0178. The summed E-state index contributed by atoms with van der Waals surface area (Å²) in [7, 11) is 1.99. The number of nitrogens with zero attached hydrogens (tertiary/aromatic N) is 3. The lowest BCUT2D eigenvalue weighted by molar-refractivity contribution is -0.133. The van der Waals surface area contributed by atoms with Gasteiger partial charge < -0.3 is 19.7 Å². The molecule has 6 nitrogen and oxygen atoms in total. The van der Waals surface area contributed by atoms with Crippen LogP contribution in [-0.2, 0) is 24.9 Å². The van der Waals surface area contributed by atoms with Crippen LogP contribution in [-0.4, -0.2) is 45.4 Å². The van der Waals surface area contributed by atoms with Crippen molar-refractivity contribution in [2.75, 3.05) is 13.1 Å². The number of carbonyl (C=O) groups excluding carboxylic acids is 2. The zero-order valence-electron chi connectivity index (χ0n) is 17.7. The third kappa shape index (κ3) is 6.11. The number of benzene rings is 1. The van der Waals surface area contributed by atoms with Crippen LogP contribution in [0.25, 0.3) is 0 Å². The predicted octanol–water partition coefficient (Wildman–Crippen LogP) is 3.38. The molecule has 0 atom stereocenters. The van der Waals surface area contributed by atoms with E-state index >= 15 is 0 Å². The van der Waals surface area contributed by atoms with Crippen LogP contribution in [0.4, 0.5) is 4.79 Å². The molecular formula is C23H32N4O2. The van der Waals surface area contributed by atoms with E-state index < -0.39 is 0 Å². The number of urea groups is 1. The Morgan fingerprint density at radius 1 is 1.14 bits per heavy atom. The number of rotatable bonds is 9. The topological polar surface area (TPSA) is 57.6 Å². The first-order valence-corrected chi connectivity index (χ1v) is 10.4. The molecule has 0 bridgehead atoms. The van der Waals surface area contributed by atoms with Crippen LogP contribution in [0, 0.1) is 5.92 Å². The highest BCUT2D eigenvalue weighted by atomic mass is 16.2. The minimum atomic E-state index is -0.189. The van der Waals surface area contributed by atoms with Crippen LogP contribution in [0.5, 0.6) is 0 Å². The molecule has 3 rings (SSSR count). The van der Waals surface area contributed by atoms with Crippen LogP contribution in [0.15, 0.2) is 48.7 Å². The van der Waals surface area contributed by atoms with Crippen molar-refractivity contribution in [1.29, 1.82) is 0 Å². The molecule has 1 aliphatic carbocycles. The molecule has 1 N–H and O–H groups in total. The first-order chi connectivity index (χ1) is 13.9. The van der Waals surface area contributed by atoms with E-state index in [0.29, 0.717) is 25.7 Å². The lowest BCUT2D eigenvalue weighted by atomic mass is 10.2. The summed E-state index contributed by atoms with van der Waals surface area (Å²) >= 11 is 0. The van der Waals surface area contributed by atoms with Crippen LogP contribution in [0.3, 0.4) is 0 Å². The van der Waals surface area contributed by atoms with Crippen LogP contribution in [0.2, 0.25) is 0 Å². The van der Waals surface area contributed by atoms with Crippen molar-refractivity contribution in [2.45, 2.75) is 45.8 Å². The number of hydrogen-bond donors (Lipinski definition) is 1. The van der Waals surface area contributed by atoms with Crippen LogP contribution < -0.4 is 5.32 Å². The van der Waals surface area contributed by atoms with Crippen molar-refractivity contribution in [3.8, 4) is 0 Å². The number of aryl methyl sites for hydroxylation is 1. The van der Waals surface area contributed by atoms with Gasteiger partial charge in [-0.2, -0.15) is 0 Å². The van der Waals surface area contributed by atoms with Gasteiger partial charge in [-0.15, -0.1) is 0 Å². The third-order valence-electron chi connectivity index (χ3n) is 5.18. The molecule has 6 heteroatoms. The second kappa shape index (κ2) is 9.63. The second-order valence-electron chi connectivity index (χ2n) is 8.28. The minimum Gasteiger partial charge on any atom is -0.353 e. The molecule has 0 unspecified atom stereocenters. The van der Waals surface area contributed by atoms with Gasteiger partial charge in [-0.05, 0) is 36.5 Å². The number of nitrogens with one attached hydrogen (secondary N) is 1. The maximum absolute atomic E-state index is 13.1. The van der Waals surface area contributed by atoms with Crippen molar-refractivity contribution in [3.05, 3.63) is 59.9 Å². The molecule has 3 amide bonds. The predicted molar refractivity (Wildman–Crippen MR) is 114 cm³/mol. The zero-order valence-corrected chi connectivity index (χ0v) is 17.7. The molecule has 0 aliphatic heterocycles. The molecule has 156 valence electrons. The quantitative estimate of drug-likeness (QED) is 0.706. The Morgan fingerprint density at radius 3 is 2.45 bits per heavy atom. The van der Waals surface area contributed by atoms with Crippen LogP contribution in [0.1, 0.15) is 37.9 Å². The Morgan fingerprint density at radius 2 is 1.86 bits per heavy atom. The molecule has 1 heterocycles. The van der Waals surface area contributed by atoms with Gasteiger partial charge in [0, 0.05) is 38.1 Å². The van der Waals surface area contributed by atoms with E-state index in [1.54, 1.807) is 4.90 Å². The molecular weight excluding hydrogens is 364 g/mol. The maximum atomic E-state index is 13.1. The number of aromatic nitrogens is 1. The number of carbonyl (C=O) groups is 2. The summed E-state index contributed by atoms with van der Waals surface area (Å²) in [5.74, 6) is 0.303. The summed E-state index contributed by atoms with van der Waals surface area (Å²) in [4.78, 5) is 29.5. The Labute approximate surface area is 173 Å². The summed E-state index contributed by atoms with van der Waals surface area (Å²) in [6.45, 7) is 5.83. The second-order valence-corrected chi connectivity index (χ2v) is 8.28. The van der Waals surface area contributed by atoms with Gasteiger partial charge >= 0.3 is 6.03 Å². The standard InChI is InChI=1S/C23H32N4O2/c1-18(2)15-26(23(29)24-14-19-8-5-4-6-9-19)17-22(28)27(20-11-12-20)16-21-10-7-13-25(21)3/h4-10,13,18,20H,11-12,14-17H2,1-3H3,(H,24,29). The molecule has 0 spiro atoms. The molecule has 1 aliphatic rings. The highest BCUT2D eigenvalue weighted by Gasteiger charge is 2.34. The first-order valence-electron chi connectivity index (χ1n) is 10.4. The van der Waals surface area contributed by atoms with Gasteiger partial charge in [0.15, 0.2) is 0 Å². The molecule has 0 radical (unpaired) electrons. The zero-order chi connectivity index (χ0) is 20.8. The largest absolute Gasteiger partial charge is 0.353 e. The van der Waals surface area contributed by atoms with Gasteiger partial charge in [0.2, 0.25) is 5.91 Å². The third-order valence-corrected chi connectivity index (χ3v) is 5.18. The molecule has 2 aromatic rings. The van der Waals surface area contributed by atoms with Crippen molar-refractivity contribution >= 4 is 11.9 Å². The highest BCUT2D eigenvalue weighted by molar-refractivity contribution is 5.84. The van der Waals surface area contributed by atoms with Gasteiger partial charge in [0.05, 0.1) is 6.54 Å². The fourth-order valence-corrected chi connectivity index (χ4v) is 3.44. The molecule has 1 saturated carbocycles.